The standard InChI is InChI=1S/C12H10O3S/c13-12-5-11(15-7-16-12)9-6-14-10-4-2-1-3-8(9)10/h1-4,6,11H,5,7H2. The number of carbonyl (C=O) groups excluding carboxylic acids is 1. The van der Waals surface area contributed by atoms with Crippen LogP contribution in [0.2, 0.25) is 0 Å². The number of benzene rings is 1. The lowest BCUT2D eigenvalue weighted by Gasteiger charge is -2.20. The van der Waals surface area contributed by atoms with Crippen molar-refractivity contribution in [3.8, 4) is 0 Å². The summed E-state index contributed by atoms with van der Waals surface area (Å²) in [5.74, 6) is 0.434. The highest BCUT2D eigenvalue weighted by Gasteiger charge is 2.25. The van der Waals surface area contributed by atoms with E-state index >= 15 is 0 Å². The zero-order chi connectivity index (χ0) is 11.0. The van der Waals surface area contributed by atoms with Crippen molar-refractivity contribution in [2.75, 3.05) is 5.94 Å². The smallest absolute Gasteiger partial charge is 0.194 e. The second-order valence-corrected chi connectivity index (χ2v) is 4.66. The fourth-order valence-electron chi connectivity index (χ4n) is 1.90. The normalized spacial score (nSPS) is 21.5. The molecule has 0 radical (unpaired) electrons. The third-order valence-electron chi connectivity index (χ3n) is 2.70. The summed E-state index contributed by atoms with van der Waals surface area (Å²) in [5.41, 5.74) is 1.82. The summed E-state index contributed by atoms with van der Waals surface area (Å²) in [6, 6.07) is 7.79. The van der Waals surface area contributed by atoms with Gasteiger partial charge in [-0.2, -0.15) is 0 Å². The summed E-state index contributed by atoms with van der Waals surface area (Å²) >= 11 is 1.23. The second kappa shape index (κ2) is 3.96. The molecule has 0 bridgehead atoms. The number of hydrogen-bond donors (Lipinski definition) is 0. The Morgan fingerprint density at radius 2 is 2.19 bits per heavy atom. The molecule has 1 unspecified atom stereocenters. The van der Waals surface area contributed by atoms with Crippen LogP contribution in [0.15, 0.2) is 34.9 Å². The topological polar surface area (TPSA) is 39.4 Å². The maximum Gasteiger partial charge on any atom is 0.194 e. The largest absolute Gasteiger partial charge is 0.464 e. The molecule has 3 rings (SSSR count). The van der Waals surface area contributed by atoms with Crippen LogP contribution in [-0.4, -0.2) is 11.1 Å². The molecule has 0 amide bonds. The predicted molar refractivity (Wildman–Crippen MR) is 62.1 cm³/mol. The Kier molecular flexibility index (Phi) is 2.46. The minimum Gasteiger partial charge on any atom is -0.464 e. The third-order valence-corrected chi connectivity index (χ3v) is 3.44. The highest BCUT2D eigenvalue weighted by atomic mass is 32.2. The highest BCUT2D eigenvalue weighted by Crippen LogP contribution is 2.35. The molecule has 0 aliphatic carbocycles. The Morgan fingerprint density at radius 3 is 3.06 bits per heavy atom. The van der Waals surface area contributed by atoms with E-state index in [0.29, 0.717) is 12.4 Å². The van der Waals surface area contributed by atoms with Crippen molar-refractivity contribution in [2.24, 2.45) is 0 Å². The van der Waals surface area contributed by atoms with Gasteiger partial charge in [0.25, 0.3) is 0 Å². The molecule has 0 N–H and O–H groups in total. The number of carbonyl (C=O) groups is 1. The number of para-hydroxylation sites is 1. The number of fused-ring (bicyclic) bond motifs is 1. The fourth-order valence-corrected chi connectivity index (χ4v) is 2.53. The lowest BCUT2D eigenvalue weighted by Crippen LogP contribution is -2.14. The van der Waals surface area contributed by atoms with Gasteiger partial charge in [-0.05, 0) is 6.07 Å². The van der Waals surface area contributed by atoms with Crippen LogP contribution in [0.25, 0.3) is 11.0 Å². The van der Waals surface area contributed by atoms with Crippen LogP contribution in [0.4, 0.5) is 0 Å². The minimum atomic E-state index is -0.155. The van der Waals surface area contributed by atoms with Gasteiger partial charge >= 0.3 is 0 Å². The van der Waals surface area contributed by atoms with E-state index in [1.807, 2.05) is 24.3 Å². The molecule has 1 aromatic heterocycles. The number of thioether (sulfide) groups is 1. The van der Waals surface area contributed by atoms with E-state index in [2.05, 4.69) is 0 Å². The zero-order valence-corrected chi connectivity index (χ0v) is 9.33. The molecule has 0 saturated carbocycles. The van der Waals surface area contributed by atoms with Gasteiger partial charge in [-0.25, -0.2) is 0 Å². The molecule has 16 heavy (non-hydrogen) atoms. The first-order chi connectivity index (χ1) is 7.84. The summed E-state index contributed by atoms with van der Waals surface area (Å²) < 4.78 is 11.0. The summed E-state index contributed by atoms with van der Waals surface area (Å²) in [6.07, 6.45) is 1.96. The molecule has 2 heterocycles. The third kappa shape index (κ3) is 1.64. The molecule has 1 atom stereocenters. The maximum atomic E-state index is 11.4. The van der Waals surface area contributed by atoms with Crippen molar-refractivity contribution in [3.63, 3.8) is 0 Å². The summed E-state index contributed by atoms with van der Waals surface area (Å²) in [5, 5.41) is 1.22. The quantitative estimate of drug-likeness (QED) is 0.760. The Balaban J connectivity index is 2.02. The van der Waals surface area contributed by atoms with Gasteiger partial charge < -0.3 is 9.15 Å². The van der Waals surface area contributed by atoms with Gasteiger partial charge in [-0.3, -0.25) is 4.79 Å². The van der Waals surface area contributed by atoms with Gasteiger partial charge in [0.1, 0.15) is 11.5 Å². The monoisotopic (exact) mass is 234 g/mol. The predicted octanol–water partition coefficient (Wildman–Crippen LogP) is 3.11. The van der Waals surface area contributed by atoms with Crippen LogP contribution in [0.5, 0.6) is 0 Å². The maximum absolute atomic E-state index is 11.4. The Morgan fingerprint density at radius 1 is 1.31 bits per heavy atom. The van der Waals surface area contributed by atoms with Crippen molar-refractivity contribution < 1.29 is 13.9 Å². The SMILES string of the molecule is O=C1CC(c2coc3ccccc23)OCS1. The molecule has 82 valence electrons. The van der Waals surface area contributed by atoms with Crippen molar-refractivity contribution in [2.45, 2.75) is 12.5 Å². The van der Waals surface area contributed by atoms with E-state index in [0.717, 1.165) is 16.5 Å². The molecule has 1 aliphatic heterocycles. The van der Waals surface area contributed by atoms with Gasteiger partial charge in [-0.15, -0.1) is 0 Å². The lowest BCUT2D eigenvalue weighted by molar-refractivity contribution is -0.114. The second-order valence-electron chi connectivity index (χ2n) is 3.68. The van der Waals surface area contributed by atoms with E-state index in [1.165, 1.54) is 11.8 Å². The minimum absolute atomic E-state index is 0.155. The van der Waals surface area contributed by atoms with Crippen LogP contribution in [-0.2, 0) is 9.53 Å². The van der Waals surface area contributed by atoms with Gasteiger partial charge in [0.2, 0.25) is 0 Å². The van der Waals surface area contributed by atoms with Gasteiger partial charge in [0.05, 0.1) is 12.4 Å². The van der Waals surface area contributed by atoms with Crippen molar-refractivity contribution in [3.05, 3.63) is 36.1 Å². The zero-order valence-electron chi connectivity index (χ0n) is 8.51. The highest BCUT2D eigenvalue weighted by molar-refractivity contribution is 8.13. The van der Waals surface area contributed by atoms with E-state index in [4.69, 9.17) is 9.15 Å². The molecule has 3 nitrogen and oxygen atoms in total. The van der Waals surface area contributed by atoms with Gasteiger partial charge in [-0.1, -0.05) is 30.0 Å². The van der Waals surface area contributed by atoms with Gasteiger partial charge in [0.15, 0.2) is 5.12 Å². The first kappa shape index (κ1) is 9.93. The van der Waals surface area contributed by atoms with E-state index in [9.17, 15) is 4.79 Å². The van der Waals surface area contributed by atoms with E-state index < -0.39 is 0 Å². The molecule has 0 spiro atoms. The van der Waals surface area contributed by atoms with Crippen LogP contribution >= 0.6 is 11.8 Å². The molecular formula is C12H10O3S. The van der Waals surface area contributed by atoms with Crippen molar-refractivity contribution in [1.29, 1.82) is 0 Å². The number of ether oxygens (including phenoxy) is 1. The number of hydrogen-bond acceptors (Lipinski definition) is 4. The van der Waals surface area contributed by atoms with Gasteiger partial charge in [0, 0.05) is 17.4 Å². The average Bonchev–Trinajstić information content (AvgIpc) is 2.72. The lowest BCUT2D eigenvalue weighted by atomic mass is 10.1. The van der Waals surface area contributed by atoms with Crippen LogP contribution in [0.1, 0.15) is 18.1 Å². The van der Waals surface area contributed by atoms with Crippen LogP contribution < -0.4 is 0 Å². The van der Waals surface area contributed by atoms with E-state index in [1.54, 1.807) is 6.26 Å². The molecule has 1 fully saturated rings. The Bertz CT molecular complexity index is 532. The molecule has 2 aromatic rings. The molecular weight excluding hydrogens is 224 g/mol. The molecule has 1 aromatic carbocycles. The Labute approximate surface area is 96.8 Å². The average molecular weight is 234 g/mol. The van der Waals surface area contributed by atoms with Crippen LogP contribution in [0, 0.1) is 0 Å². The number of rotatable bonds is 1. The fraction of sp³-hybridized carbons (Fsp3) is 0.250. The Hall–Kier alpha value is -1.26. The van der Waals surface area contributed by atoms with Crippen molar-refractivity contribution in [1.82, 2.24) is 0 Å². The van der Waals surface area contributed by atoms with Crippen molar-refractivity contribution >= 4 is 27.8 Å². The first-order valence-electron chi connectivity index (χ1n) is 5.08. The first-order valence-corrected chi connectivity index (χ1v) is 6.06. The summed E-state index contributed by atoms with van der Waals surface area (Å²) in [6.45, 7) is 0. The molecule has 4 heteroatoms. The van der Waals surface area contributed by atoms with E-state index in [-0.39, 0.29) is 11.2 Å². The van der Waals surface area contributed by atoms with Crippen LogP contribution in [0.3, 0.4) is 0 Å². The molecule has 1 aliphatic rings. The number of furan rings is 1. The summed E-state index contributed by atoms with van der Waals surface area (Å²) in [7, 11) is 0. The summed E-state index contributed by atoms with van der Waals surface area (Å²) in [4.78, 5) is 11.4. The molecule has 1 saturated heterocycles.